The molecule has 346 valence electrons. The lowest BCUT2D eigenvalue weighted by atomic mass is 9.64. The van der Waals surface area contributed by atoms with Gasteiger partial charge in [-0.15, -0.1) is 0 Å². The molecule has 12 aromatic carbocycles. The van der Waals surface area contributed by atoms with E-state index in [-0.39, 0.29) is 0 Å². The smallest absolute Gasteiger partial charge is 0.0755 e. The molecule has 0 N–H and O–H groups in total. The highest BCUT2D eigenvalue weighted by molar-refractivity contribution is 6.05. The molecule has 12 aromatic rings. The minimum atomic E-state index is -0.672. The Labute approximate surface area is 432 Å². The second-order valence-electron chi connectivity index (χ2n) is 19.9. The first-order valence-corrected chi connectivity index (χ1v) is 25.8. The second-order valence-corrected chi connectivity index (χ2v) is 19.9. The number of hydrogen-bond donors (Lipinski definition) is 0. The Hall–Kier alpha value is -9.50. The molecule has 1 atom stereocenters. The van der Waals surface area contributed by atoms with Crippen LogP contribution >= 0.6 is 0 Å². The molecule has 0 fully saturated rings. The van der Waals surface area contributed by atoms with Gasteiger partial charge in [-0.1, -0.05) is 231 Å². The number of benzene rings is 12. The van der Waals surface area contributed by atoms with Gasteiger partial charge < -0.3 is 9.80 Å². The second kappa shape index (κ2) is 16.5. The summed E-state index contributed by atoms with van der Waals surface area (Å²) in [5.74, 6) is 0. The van der Waals surface area contributed by atoms with Gasteiger partial charge in [0.1, 0.15) is 0 Å². The van der Waals surface area contributed by atoms with Crippen LogP contribution in [0.15, 0.2) is 291 Å². The van der Waals surface area contributed by atoms with Crippen LogP contribution in [-0.2, 0) is 10.8 Å². The molecule has 0 aromatic heterocycles. The Morgan fingerprint density at radius 1 is 0.284 bits per heavy atom. The molecule has 1 aliphatic heterocycles. The highest BCUT2D eigenvalue weighted by atomic mass is 15.2. The predicted octanol–water partition coefficient (Wildman–Crippen LogP) is 18.5. The number of nitrogens with zero attached hydrogens (tertiary/aromatic N) is 2. The summed E-state index contributed by atoms with van der Waals surface area (Å²) in [5, 5.41) is 2.41. The van der Waals surface area contributed by atoms with E-state index < -0.39 is 10.8 Å². The molecule has 0 amide bonds. The zero-order valence-electron chi connectivity index (χ0n) is 40.6. The molecule has 0 radical (unpaired) electrons. The first kappa shape index (κ1) is 42.2. The summed E-state index contributed by atoms with van der Waals surface area (Å²) in [6, 6.07) is 109. The summed E-state index contributed by atoms with van der Waals surface area (Å²) in [6.07, 6.45) is 0. The molecule has 2 aliphatic carbocycles. The maximum Gasteiger partial charge on any atom is 0.0755 e. The Morgan fingerprint density at radius 2 is 0.757 bits per heavy atom. The van der Waals surface area contributed by atoms with E-state index in [1.807, 2.05) is 0 Å². The van der Waals surface area contributed by atoms with Crippen molar-refractivity contribution in [2.24, 2.45) is 0 Å². The third-order valence-corrected chi connectivity index (χ3v) is 16.3. The first-order chi connectivity index (χ1) is 36.7. The first-order valence-electron chi connectivity index (χ1n) is 25.8. The summed E-state index contributed by atoms with van der Waals surface area (Å²) in [6.45, 7) is 0. The monoisotopic (exact) mass is 940 g/mol. The maximum atomic E-state index is 2.54. The van der Waals surface area contributed by atoms with E-state index in [0.29, 0.717) is 0 Å². The van der Waals surface area contributed by atoms with Crippen LogP contribution in [0.1, 0.15) is 44.5 Å². The number of fused-ring (bicyclic) bond motifs is 9. The van der Waals surface area contributed by atoms with Gasteiger partial charge in [-0.2, -0.15) is 0 Å². The number of para-hydroxylation sites is 2. The van der Waals surface area contributed by atoms with Crippen molar-refractivity contribution in [3.05, 3.63) is 336 Å². The summed E-state index contributed by atoms with van der Waals surface area (Å²) in [5.41, 5.74) is 23.2. The van der Waals surface area contributed by atoms with Crippen molar-refractivity contribution in [3.63, 3.8) is 0 Å². The topological polar surface area (TPSA) is 6.48 Å². The molecule has 1 heterocycles. The van der Waals surface area contributed by atoms with Crippen molar-refractivity contribution in [2.45, 2.75) is 10.8 Å². The summed E-state index contributed by atoms with van der Waals surface area (Å²) < 4.78 is 0. The Morgan fingerprint density at radius 3 is 1.43 bits per heavy atom. The average molecular weight is 941 g/mol. The van der Waals surface area contributed by atoms with E-state index >= 15 is 0 Å². The van der Waals surface area contributed by atoms with Crippen molar-refractivity contribution >= 4 is 44.9 Å². The van der Waals surface area contributed by atoms with E-state index in [2.05, 4.69) is 301 Å². The van der Waals surface area contributed by atoms with Crippen LogP contribution in [0.5, 0.6) is 0 Å². The molecule has 3 aliphatic rings. The van der Waals surface area contributed by atoms with Crippen LogP contribution in [0, 0.1) is 0 Å². The molecule has 0 saturated carbocycles. The van der Waals surface area contributed by atoms with Crippen molar-refractivity contribution in [1.82, 2.24) is 0 Å². The number of rotatable bonds is 8. The lowest BCUT2D eigenvalue weighted by Crippen LogP contribution is -2.36. The molecule has 0 bridgehead atoms. The van der Waals surface area contributed by atoms with Crippen molar-refractivity contribution in [3.8, 4) is 33.4 Å². The molecule has 2 heteroatoms. The summed E-state index contributed by atoms with van der Waals surface area (Å²) >= 11 is 0. The molecule has 1 unspecified atom stereocenters. The highest BCUT2D eigenvalue weighted by Gasteiger charge is 2.54. The Bertz CT molecular complexity index is 4090. The SMILES string of the molecule is c1ccc(-c2ccc3c4c2-c2ccc(N(c5ccc6c(c5)C(c5ccccc5)(c5ccccc5)c5ccccc5-6)c5ccc6ccccc6c5)cc2C4(c2ccccc2)c2ccccc2N3c2ccccc2)cc1. The predicted molar refractivity (Wildman–Crippen MR) is 307 cm³/mol. The number of anilines is 6. The van der Waals surface area contributed by atoms with Crippen LogP contribution < -0.4 is 9.80 Å². The fraction of sp³-hybridized carbons (Fsp3) is 0.0278. The Kier molecular flexibility index (Phi) is 9.43. The molecule has 74 heavy (non-hydrogen) atoms. The van der Waals surface area contributed by atoms with Gasteiger partial charge in [-0.3, -0.25) is 0 Å². The summed E-state index contributed by atoms with van der Waals surface area (Å²) in [4.78, 5) is 5.01. The van der Waals surface area contributed by atoms with E-state index in [4.69, 9.17) is 0 Å². The fourth-order valence-corrected chi connectivity index (χ4v) is 13.4. The van der Waals surface area contributed by atoms with Crippen molar-refractivity contribution in [1.29, 1.82) is 0 Å². The minimum Gasteiger partial charge on any atom is -0.310 e. The zero-order chi connectivity index (χ0) is 48.8. The third-order valence-electron chi connectivity index (χ3n) is 16.3. The van der Waals surface area contributed by atoms with Crippen molar-refractivity contribution < 1.29 is 0 Å². The van der Waals surface area contributed by atoms with Crippen LogP contribution in [-0.4, -0.2) is 0 Å². The van der Waals surface area contributed by atoms with Crippen LogP contribution in [0.4, 0.5) is 34.1 Å². The normalized spacial score (nSPS) is 15.2. The fourth-order valence-electron chi connectivity index (χ4n) is 13.4. The molecule has 2 nitrogen and oxygen atoms in total. The van der Waals surface area contributed by atoms with Gasteiger partial charge in [-0.05, 0) is 144 Å². The van der Waals surface area contributed by atoms with Gasteiger partial charge in [0.15, 0.2) is 0 Å². The average Bonchev–Trinajstić information content (AvgIpc) is 4.12. The van der Waals surface area contributed by atoms with Crippen molar-refractivity contribution in [2.75, 3.05) is 9.80 Å². The maximum absolute atomic E-state index is 2.54. The van der Waals surface area contributed by atoms with Gasteiger partial charge in [0.2, 0.25) is 0 Å². The molecule has 0 spiro atoms. The molecular formula is C72H48N2. The van der Waals surface area contributed by atoms with Gasteiger partial charge >= 0.3 is 0 Å². The summed E-state index contributed by atoms with van der Waals surface area (Å²) in [7, 11) is 0. The quantitative estimate of drug-likeness (QED) is 0.150. The van der Waals surface area contributed by atoms with E-state index in [9.17, 15) is 0 Å². The van der Waals surface area contributed by atoms with Gasteiger partial charge in [0.05, 0.1) is 22.2 Å². The van der Waals surface area contributed by atoms with Crippen LogP contribution in [0.25, 0.3) is 44.2 Å². The highest BCUT2D eigenvalue weighted by Crippen LogP contribution is 2.67. The third kappa shape index (κ3) is 5.94. The van der Waals surface area contributed by atoms with E-state index in [1.54, 1.807) is 0 Å². The van der Waals surface area contributed by atoms with E-state index in [0.717, 1.165) is 22.7 Å². The molecule has 0 saturated heterocycles. The van der Waals surface area contributed by atoms with Crippen LogP contribution in [0.3, 0.4) is 0 Å². The molecular weight excluding hydrogens is 893 g/mol. The van der Waals surface area contributed by atoms with Gasteiger partial charge in [0.25, 0.3) is 0 Å². The van der Waals surface area contributed by atoms with Crippen LogP contribution in [0.2, 0.25) is 0 Å². The molecule has 15 rings (SSSR count). The van der Waals surface area contributed by atoms with Gasteiger partial charge in [0, 0.05) is 28.3 Å². The lowest BCUT2D eigenvalue weighted by Gasteiger charge is -2.45. The minimum absolute atomic E-state index is 0.558. The van der Waals surface area contributed by atoms with E-state index in [1.165, 1.54) is 100 Å². The van der Waals surface area contributed by atoms with Gasteiger partial charge in [-0.25, -0.2) is 0 Å². The zero-order valence-corrected chi connectivity index (χ0v) is 40.6. The largest absolute Gasteiger partial charge is 0.310 e. The lowest BCUT2D eigenvalue weighted by molar-refractivity contribution is 0.753. The standard InChI is InChI=1S/C72H48N2/c1-6-23-50(24-7-1)59-44-45-68-70-69(59)62-43-41-58(48-66(62)72(70,54-30-12-4-13-31-54)64-36-20-21-37-67(64)74(68)55-32-14-5-15-33-55)73(56-39-38-49-22-16-17-25-51(49)46-56)57-40-42-61-60-34-18-19-35-63(60)71(65(61)47-57,52-26-8-2-9-27-52)53-28-10-3-11-29-53/h1-48H. The number of hydrogen-bond acceptors (Lipinski definition) is 2. The Balaban J connectivity index is 1.04.